The Morgan fingerprint density at radius 3 is 1.89 bits per heavy atom. The summed E-state index contributed by atoms with van der Waals surface area (Å²) in [5, 5.41) is 9.65. The topological polar surface area (TPSA) is 31.0 Å². The van der Waals surface area contributed by atoms with Gasteiger partial charge in [0.15, 0.2) is 0 Å². The van der Waals surface area contributed by atoms with Crippen LogP contribution in [0.1, 0.15) is 0 Å². The Hall–Kier alpha value is -6.19. The Morgan fingerprint density at radius 1 is 0.413 bits per heavy atom. The molecule has 0 aliphatic rings. The van der Waals surface area contributed by atoms with E-state index in [1.165, 1.54) is 32.3 Å². The number of rotatable bonds is 3. The normalized spacial score (nSPS) is 11.9. The summed E-state index contributed by atoms with van der Waals surface area (Å²) >= 11 is 0. The van der Waals surface area contributed by atoms with E-state index in [-0.39, 0.29) is 0 Å². The highest BCUT2D eigenvalue weighted by molar-refractivity contribution is 6.15. The van der Waals surface area contributed by atoms with Crippen LogP contribution in [0.3, 0.4) is 0 Å². The molecule has 0 atom stereocenters. The van der Waals surface area contributed by atoms with Crippen LogP contribution in [-0.4, -0.2) is 9.55 Å². The first kappa shape index (κ1) is 25.2. The van der Waals surface area contributed by atoms with Crippen LogP contribution in [0, 0.1) is 0 Å². The predicted octanol–water partition coefficient (Wildman–Crippen LogP) is 11.7. The molecule has 7 aromatic carbocycles. The third kappa shape index (κ3) is 3.69. The standard InChI is InChI=1S/C43H26N2O/c1-2-10-31-27(9-1)19-20-28-21-22-29(25-34(28)31)36-13-7-14-37(44-36)30-23-24-39-35(26-30)32-11-3-5-15-38(32)45(39)40-16-8-18-42-43(40)33-12-4-6-17-41(33)46-42/h1-26H. The summed E-state index contributed by atoms with van der Waals surface area (Å²) in [5.74, 6) is 0. The molecule has 0 unspecified atom stereocenters. The molecule has 3 aromatic heterocycles. The lowest BCUT2D eigenvalue weighted by molar-refractivity contribution is 0.669. The second kappa shape index (κ2) is 9.65. The maximum atomic E-state index is 6.26. The molecule has 0 aliphatic carbocycles. The second-order valence-electron chi connectivity index (χ2n) is 12.0. The molecule has 46 heavy (non-hydrogen) atoms. The number of nitrogens with zero attached hydrogens (tertiary/aromatic N) is 2. The van der Waals surface area contributed by atoms with Crippen molar-refractivity contribution in [2.45, 2.75) is 0 Å². The van der Waals surface area contributed by atoms with Gasteiger partial charge >= 0.3 is 0 Å². The molecule has 0 saturated heterocycles. The van der Waals surface area contributed by atoms with Crippen molar-refractivity contribution in [1.82, 2.24) is 9.55 Å². The summed E-state index contributed by atoms with van der Waals surface area (Å²) in [7, 11) is 0. The fraction of sp³-hybridized carbons (Fsp3) is 0. The summed E-state index contributed by atoms with van der Waals surface area (Å²) in [5.41, 5.74) is 9.36. The van der Waals surface area contributed by atoms with Crippen LogP contribution in [0.2, 0.25) is 0 Å². The zero-order valence-electron chi connectivity index (χ0n) is 24.8. The van der Waals surface area contributed by atoms with Crippen molar-refractivity contribution in [3.05, 3.63) is 158 Å². The average Bonchev–Trinajstić information content (AvgIpc) is 3.67. The van der Waals surface area contributed by atoms with Crippen LogP contribution in [0.25, 0.3) is 93.5 Å². The fourth-order valence-corrected chi connectivity index (χ4v) is 7.25. The molecule has 0 saturated carbocycles. The lowest BCUT2D eigenvalue weighted by Gasteiger charge is -2.10. The van der Waals surface area contributed by atoms with E-state index in [4.69, 9.17) is 9.40 Å². The molecule has 3 nitrogen and oxygen atoms in total. The molecule has 10 rings (SSSR count). The van der Waals surface area contributed by atoms with Crippen molar-refractivity contribution in [2.75, 3.05) is 0 Å². The van der Waals surface area contributed by atoms with Crippen LogP contribution >= 0.6 is 0 Å². The lowest BCUT2D eigenvalue weighted by Crippen LogP contribution is -1.94. The Labute approximate surface area is 264 Å². The minimum atomic E-state index is 0.893. The molecule has 0 spiro atoms. The molecule has 0 radical (unpaired) electrons. The number of pyridine rings is 1. The second-order valence-corrected chi connectivity index (χ2v) is 12.0. The molecule has 10 aromatic rings. The summed E-state index contributed by atoms with van der Waals surface area (Å²) in [6.45, 7) is 0. The zero-order valence-corrected chi connectivity index (χ0v) is 24.8. The Morgan fingerprint density at radius 2 is 1.02 bits per heavy atom. The highest BCUT2D eigenvalue weighted by Crippen LogP contribution is 2.40. The first-order valence-electron chi connectivity index (χ1n) is 15.6. The maximum absolute atomic E-state index is 6.26. The van der Waals surface area contributed by atoms with Crippen molar-refractivity contribution >= 4 is 65.3 Å². The number of para-hydroxylation sites is 2. The van der Waals surface area contributed by atoms with Crippen LogP contribution < -0.4 is 0 Å². The van der Waals surface area contributed by atoms with Gasteiger partial charge in [-0.25, -0.2) is 4.98 Å². The molecule has 0 aliphatic heterocycles. The lowest BCUT2D eigenvalue weighted by atomic mass is 9.98. The summed E-state index contributed by atoms with van der Waals surface area (Å²) in [6.07, 6.45) is 0. The van der Waals surface area contributed by atoms with E-state index >= 15 is 0 Å². The molecule has 3 heteroatoms. The number of fused-ring (bicyclic) bond motifs is 9. The van der Waals surface area contributed by atoms with Crippen molar-refractivity contribution in [3.8, 4) is 28.2 Å². The van der Waals surface area contributed by atoms with Crippen LogP contribution in [-0.2, 0) is 0 Å². The van der Waals surface area contributed by atoms with Gasteiger partial charge in [-0.2, -0.15) is 0 Å². The number of furan rings is 1. The van der Waals surface area contributed by atoms with E-state index in [0.717, 1.165) is 61.2 Å². The van der Waals surface area contributed by atoms with E-state index in [9.17, 15) is 0 Å². The van der Waals surface area contributed by atoms with E-state index in [1.807, 2.05) is 12.1 Å². The predicted molar refractivity (Wildman–Crippen MR) is 192 cm³/mol. The van der Waals surface area contributed by atoms with E-state index in [2.05, 4.69) is 150 Å². The first-order chi connectivity index (χ1) is 22.8. The number of hydrogen-bond acceptors (Lipinski definition) is 2. The number of benzene rings is 7. The third-order valence-corrected chi connectivity index (χ3v) is 9.38. The van der Waals surface area contributed by atoms with Crippen molar-refractivity contribution in [3.63, 3.8) is 0 Å². The molecule has 3 heterocycles. The largest absolute Gasteiger partial charge is 0.456 e. The molecular weight excluding hydrogens is 560 g/mol. The fourth-order valence-electron chi connectivity index (χ4n) is 7.25. The Kier molecular flexibility index (Phi) is 5.28. The number of hydrogen-bond donors (Lipinski definition) is 0. The molecule has 0 fully saturated rings. The van der Waals surface area contributed by atoms with Gasteiger partial charge in [-0.3, -0.25) is 0 Å². The minimum absolute atomic E-state index is 0.893. The van der Waals surface area contributed by atoms with Crippen molar-refractivity contribution in [2.24, 2.45) is 0 Å². The van der Waals surface area contributed by atoms with Gasteiger partial charge < -0.3 is 8.98 Å². The van der Waals surface area contributed by atoms with Crippen LogP contribution in [0.4, 0.5) is 0 Å². The molecule has 0 bridgehead atoms. The monoisotopic (exact) mass is 586 g/mol. The molecule has 0 N–H and O–H groups in total. The first-order valence-corrected chi connectivity index (χ1v) is 15.6. The summed E-state index contributed by atoms with van der Waals surface area (Å²) in [4.78, 5) is 5.20. The average molecular weight is 587 g/mol. The zero-order chi connectivity index (χ0) is 30.2. The molecular formula is C43H26N2O. The SMILES string of the molecule is c1cc(-c2ccc3ccc4ccccc4c3c2)nc(-c2ccc3c(c2)c2ccccc2n3-c2cccc3oc4ccccc4c23)c1. The highest BCUT2D eigenvalue weighted by Gasteiger charge is 2.18. The third-order valence-electron chi connectivity index (χ3n) is 9.38. The Balaban J connectivity index is 1.15. The summed E-state index contributed by atoms with van der Waals surface area (Å²) in [6, 6.07) is 56.0. The van der Waals surface area contributed by atoms with Crippen molar-refractivity contribution in [1.29, 1.82) is 0 Å². The Bertz CT molecular complexity index is 2820. The molecule has 0 amide bonds. The van der Waals surface area contributed by atoms with Crippen LogP contribution in [0.15, 0.2) is 162 Å². The quantitative estimate of drug-likeness (QED) is 0.193. The highest BCUT2D eigenvalue weighted by atomic mass is 16.3. The van der Waals surface area contributed by atoms with Gasteiger partial charge in [0.2, 0.25) is 0 Å². The van der Waals surface area contributed by atoms with Gasteiger partial charge in [-0.1, -0.05) is 103 Å². The van der Waals surface area contributed by atoms with Gasteiger partial charge in [-0.05, 0) is 76.1 Å². The van der Waals surface area contributed by atoms with Crippen molar-refractivity contribution < 1.29 is 4.42 Å². The summed E-state index contributed by atoms with van der Waals surface area (Å²) < 4.78 is 8.64. The van der Waals surface area contributed by atoms with Gasteiger partial charge in [-0.15, -0.1) is 0 Å². The van der Waals surface area contributed by atoms with E-state index in [0.29, 0.717) is 0 Å². The van der Waals surface area contributed by atoms with Gasteiger partial charge in [0.25, 0.3) is 0 Å². The van der Waals surface area contributed by atoms with Gasteiger partial charge in [0.05, 0.1) is 33.5 Å². The number of aromatic nitrogens is 2. The smallest absolute Gasteiger partial charge is 0.137 e. The van der Waals surface area contributed by atoms with Gasteiger partial charge in [0, 0.05) is 27.3 Å². The maximum Gasteiger partial charge on any atom is 0.137 e. The van der Waals surface area contributed by atoms with E-state index in [1.54, 1.807) is 0 Å². The van der Waals surface area contributed by atoms with Gasteiger partial charge in [0.1, 0.15) is 11.2 Å². The molecule has 214 valence electrons. The minimum Gasteiger partial charge on any atom is -0.456 e. The van der Waals surface area contributed by atoms with E-state index < -0.39 is 0 Å². The van der Waals surface area contributed by atoms with Crippen LogP contribution in [0.5, 0.6) is 0 Å².